The van der Waals surface area contributed by atoms with E-state index in [-0.39, 0.29) is 30.7 Å². The molecule has 0 radical (unpaired) electrons. The van der Waals surface area contributed by atoms with Gasteiger partial charge in [0.2, 0.25) is 5.95 Å². The molecular weight excluding hydrogens is 495 g/mol. The van der Waals surface area contributed by atoms with E-state index in [4.69, 9.17) is 10.7 Å². The zero-order valence-corrected chi connectivity index (χ0v) is 22.1. The molecule has 2 fully saturated rings. The molecule has 2 N–H and O–H groups in total. The van der Waals surface area contributed by atoms with Crippen molar-refractivity contribution in [2.45, 2.75) is 50.9 Å². The lowest BCUT2D eigenvalue weighted by molar-refractivity contribution is -0.148. The molecule has 10 heteroatoms. The van der Waals surface area contributed by atoms with E-state index < -0.39 is 5.67 Å². The quantitative estimate of drug-likeness (QED) is 0.418. The van der Waals surface area contributed by atoms with E-state index in [0.29, 0.717) is 32.7 Å². The van der Waals surface area contributed by atoms with Crippen LogP contribution in [0.25, 0.3) is 22.6 Å². The number of aryl methyl sites for hydroxylation is 1. The van der Waals surface area contributed by atoms with Gasteiger partial charge in [0.1, 0.15) is 5.69 Å². The van der Waals surface area contributed by atoms with Crippen molar-refractivity contribution >= 4 is 22.9 Å². The Bertz CT molecular complexity index is 1460. The molecule has 5 heterocycles. The summed E-state index contributed by atoms with van der Waals surface area (Å²) in [6.45, 7) is 4.75. The van der Waals surface area contributed by atoms with Crippen LogP contribution in [0.3, 0.4) is 0 Å². The minimum atomic E-state index is -1.82. The average molecular weight is 529 g/mol. The van der Waals surface area contributed by atoms with Gasteiger partial charge in [0, 0.05) is 75.8 Å². The monoisotopic (exact) mass is 528 g/mol. The molecule has 0 saturated carbocycles. The van der Waals surface area contributed by atoms with Crippen LogP contribution in [0.2, 0.25) is 0 Å². The Morgan fingerprint density at radius 3 is 2.49 bits per heavy atom. The summed E-state index contributed by atoms with van der Waals surface area (Å²) >= 11 is 0. The van der Waals surface area contributed by atoms with E-state index in [1.165, 1.54) is 0 Å². The largest absolute Gasteiger partial charge is 0.368 e. The Hall–Kier alpha value is -3.92. The van der Waals surface area contributed by atoms with Crippen LogP contribution in [-0.2, 0) is 11.3 Å². The van der Waals surface area contributed by atoms with Gasteiger partial charge in [-0.2, -0.15) is 0 Å². The van der Waals surface area contributed by atoms with Gasteiger partial charge in [-0.25, -0.2) is 19.3 Å². The number of benzene rings is 1. The van der Waals surface area contributed by atoms with Crippen molar-refractivity contribution in [3.63, 3.8) is 0 Å². The van der Waals surface area contributed by atoms with E-state index in [2.05, 4.69) is 49.5 Å². The van der Waals surface area contributed by atoms with E-state index >= 15 is 4.39 Å². The highest BCUT2D eigenvalue weighted by Crippen LogP contribution is 2.35. The van der Waals surface area contributed by atoms with Gasteiger partial charge < -0.3 is 15.2 Å². The molecule has 202 valence electrons. The molecule has 0 aliphatic carbocycles. The second kappa shape index (κ2) is 10.3. The van der Waals surface area contributed by atoms with Crippen LogP contribution in [0.5, 0.6) is 0 Å². The Labute approximate surface area is 226 Å². The average Bonchev–Trinajstić information content (AvgIpc) is 3.34. The van der Waals surface area contributed by atoms with Crippen molar-refractivity contribution in [1.29, 1.82) is 0 Å². The van der Waals surface area contributed by atoms with Gasteiger partial charge in [0.15, 0.2) is 11.5 Å². The number of fused-ring (bicyclic) bond motifs is 1. The number of alkyl halides is 1. The number of rotatable bonds is 5. The molecule has 39 heavy (non-hydrogen) atoms. The predicted octanol–water partition coefficient (Wildman–Crippen LogP) is 3.95. The normalized spacial score (nSPS) is 18.5. The fourth-order valence-electron chi connectivity index (χ4n) is 5.85. The fraction of sp³-hybridized carbons (Fsp3) is 0.414. The molecule has 0 atom stereocenters. The minimum Gasteiger partial charge on any atom is -0.368 e. The first-order chi connectivity index (χ1) is 18.9. The molecule has 2 aliphatic heterocycles. The van der Waals surface area contributed by atoms with Crippen LogP contribution in [0.15, 0.2) is 55.0 Å². The van der Waals surface area contributed by atoms with Gasteiger partial charge in [-0.3, -0.25) is 14.7 Å². The molecular formula is C29H33FN8O. The molecule has 2 aliphatic rings. The summed E-state index contributed by atoms with van der Waals surface area (Å²) in [5.41, 5.74) is 8.65. The molecule has 4 aromatic rings. The lowest BCUT2D eigenvalue weighted by atomic mass is 9.90. The van der Waals surface area contributed by atoms with Gasteiger partial charge in [-0.05, 0) is 49.6 Å². The predicted molar refractivity (Wildman–Crippen MR) is 147 cm³/mol. The number of amides is 1. The molecule has 2 saturated heterocycles. The third kappa shape index (κ3) is 5.08. The van der Waals surface area contributed by atoms with Crippen LogP contribution in [-0.4, -0.2) is 72.1 Å². The highest BCUT2D eigenvalue weighted by atomic mass is 19.1. The number of pyridine rings is 1. The van der Waals surface area contributed by atoms with Crippen molar-refractivity contribution in [2.24, 2.45) is 0 Å². The number of likely N-dealkylation sites (tertiary alicyclic amines) is 2. The number of hydrogen-bond acceptors (Lipinski definition) is 7. The van der Waals surface area contributed by atoms with E-state index in [0.717, 1.165) is 46.5 Å². The van der Waals surface area contributed by atoms with Crippen molar-refractivity contribution in [3.8, 4) is 11.5 Å². The first-order valence-corrected chi connectivity index (χ1v) is 13.6. The Morgan fingerprint density at radius 1 is 1.05 bits per heavy atom. The first-order valence-electron chi connectivity index (χ1n) is 13.6. The maximum Gasteiger partial charge on any atom is 0.260 e. The van der Waals surface area contributed by atoms with Crippen molar-refractivity contribution in [1.82, 2.24) is 34.3 Å². The van der Waals surface area contributed by atoms with Gasteiger partial charge >= 0.3 is 0 Å². The number of anilines is 1. The smallest absolute Gasteiger partial charge is 0.260 e. The second-order valence-corrected chi connectivity index (χ2v) is 10.7. The number of carbonyl (C=O) groups is 1. The topological polar surface area (TPSA) is 106 Å². The lowest BCUT2D eigenvalue weighted by Gasteiger charge is -2.40. The lowest BCUT2D eigenvalue weighted by Crippen LogP contribution is -2.53. The number of carbonyl (C=O) groups excluding carboxylic acids is 1. The third-order valence-corrected chi connectivity index (χ3v) is 8.02. The summed E-state index contributed by atoms with van der Waals surface area (Å²) in [5.74, 6) is 0.702. The number of halogens is 1. The SMILES string of the molecule is Cc1ccc2c(c1)nc(-c1ccccn1)n2C1CCN(C(=O)C2(F)CCN(Cc3cnc(N)nc3)CC2)CC1. The number of imidazole rings is 1. The van der Waals surface area contributed by atoms with Crippen molar-refractivity contribution in [3.05, 3.63) is 66.1 Å². The number of aromatic nitrogens is 5. The summed E-state index contributed by atoms with van der Waals surface area (Å²) < 4.78 is 18.2. The Balaban J connectivity index is 1.13. The summed E-state index contributed by atoms with van der Waals surface area (Å²) in [6.07, 6.45) is 7.03. The summed E-state index contributed by atoms with van der Waals surface area (Å²) in [4.78, 5) is 34.8. The van der Waals surface area contributed by atoms with E-state index in [1.54, 1.807) is 23.5 Å². The standard InChI is InChI=1S/C29H33FN8O/c1-20-5-6-25-24(16-20)35-26(23-4-2-3-11-32-23)38(25)22-7-12-37(13-8-22)27(39)29(30)9-14-36(15-10-29)19-21-17-33-28(31)34-18-21/h2-6,11,16-18,22H,7-10,12-15,19H2,1H3,(H2,31,33,34). The molecule has 0 spiro atoms. The Morgan fingerprint density at radius 2 is 1.79 bits per heavy atom. The zero-order chi connectivity index (χ0) is 27.0. The summed E-state index contributed by atoms with van der Waals surface area (Å²) in [5, 5.41) is 0. The second-order valence-electron chi connectivity index (χ2n) is 10.7. The number of nitrogen functional groups attached to an aromatic ring is 1. The van der Waals surface area contributed by atoms with Crippen molar-refractivity contribution < 1.29 is 9.18 Å². The maximum atomic E-state index is 15.9. The van der Waals surface area contributed by atoms with Gasteiger partial charge in [-0.15, -0.1) is 0 Å². The van der Waals surface area contributed by atoms with Gasteiger partial charge in [0.05, 0.1) is 11.0 Å². The highest BCUT2D eigenvalue weighted by molar-refractivity contribution is 5.85. The molecule has 9 nitrogen and oxygen atoms in total. The van der Waals surface area contributed by atoms with E-state index in [1.807, 2.05) is 18.2 Å². The van der Waals surface area contributed by atoms with E-state index in [9.17, 15) is 4.79 Å². The summed E-state index contributed by atoms with van der Waals surface area (Å²) in [7, 11) is 0. The van der Waals surface area contributed by atoms with Crippen molar-refractivity contribution in [2.75, 3.05) is 31.9 Å². The molecule has 0 bridgehead atoms. The van der Waals surface area contributed by atoms with Crippen LogP contribution in [0.4, 0.5) is 10.3 Å². The number of nitrogens with zero attached hydrogens (tertiary/aromatic N) is 7. The maximum absolute atomic E-state index is 15.9. The number of nitrogens with two attached hydrogens (primary N) is 1. The third-order valence-electron chi connectivity index (χ3n) is 8.02. The minimum absolute atomic E-state index is 0.151. The van der Waals surface area contributed by atoms with Crippen LogP contribution >= 0.6 is 0 Å². The van der Waals surface area contributed by atoms with Gasteiger partial charge in [-0.1, -0.05) is 12.1 Å². The van der Waals surface area contributed by atoms with Crippen LogP contribution in [0, 0.1) is 6.92 Å². The molecule has 1 amide bonds. The molecule has 1 aromatic carbocycles. The van der Waals surface area contributed by atoms with Crippen LogP contribution < -0.4 is 5.73 Å². The summed E-state index contributed by atoms with van der Waals surface area (Å²) in [6, 6.07) is 12.3. The first kappa shape index (κ1) is 25.4. The van der Waals surface area contributed by atoms with Gasteiger partial charge in [0.25, 0.3) is 5.91 Å². The molecule has 3 aromatic heterocycles. The molecule has 0 unspecified atom stereocenters. The highest BCUT2D eigenvalue weighted by Gasteiger charge is 2.45. The fourth-order valence-corrected chi connectivity index (χ4v) is 5.85. The molecule has 6 rings (SSSR count). The van der Waals surface area contributed by atoms with Crippen LogP contribution in [0.1, 0.15) is 42.9 Å². The number of hydrogen-bond donors (Lipinski definition) is 1. The zero-order valence-electron chi connectivity index (χ0n) is 22.1. The number of piperidine rings is 2. The Kier molecular flexibility index (Phi) is 6.72.